The van der Waals surface area contributed by atoms with E-state index in [0.717, 1.165) is 24.1 Å². The van der Waals surface area contributed by atoms with Crippen LogP contribution in [-0.2, 0) is 34.1 Å². The molecule has 2 N–H and O–H groups in total. The smallest absolute Gasteiger partial charge is 0.425 e. The van der Waals surface area contributed by atoms with E-state index < -0.39 is 21.2 Å². The van der Waals surface area contributed by atoms with Gasteiger partial charge in [-0.05, 0) is 79.1 Å². The minimum atomic E-state index is -3.11. The predicted molar refractivity (Wildman–Crippen MR) is 178 cm³/mol. The number of hydrogen-bond donors (Lipinski definition) is 2. The summed E-state index contributed by atoms with van der Waals surface area (Å²) < 4.78 is 50.7. The second kappa shape index (κ2) is 27.1. The third-order valence-electron chi connectivity index (χ3n) is 5.23. The van der Waals surface area contributed by atoms with Crippen LogP contribution >= 0.6 is 0 Å². The van der Waals surface area contributed by atoms with E-state index in [4.69, 9.17) is 41.1 Å². The highest BCUT2D eigenvalue weighted by Gasteiger charge is 2.04. The van der Waals surface area contributed by atoms with Crippen molar-refractivity contribution in [2.45, 2.75) is 47.5 Å². The SMILES string of the molecule is CC(C)Cc1ccc(O)c(N=Nc2ccccc2)c1.CC(C)Cc1ccc(O)cc1.Cc1ccccc1.N#N.O=S(=O)=O.O=S(=O)=O. The molecule has 14 heteroatoms. The molecule has 4 rings (SSSR count). The van der Waals surface area contributed by atoms with Crippen LogP contribution in [0.15, 0.2) is 113 Å². The van der Waals surface area contributed by atoms with E-state index in [1.165, 1.54) is 11.1 Å². The van der Waals surface area contributed by atoms with E-state index in [-0.39, 0.29) is 5.75 Å². The number of aryl methyl sites for hydroxylation is 1. The molecule has 0 spiro atoms. The van der Waals surface area contributed by atoms with Gasteiger partial charge in [0.05, 0.1) is 5.69 Å². The van der Waals surface area contributed by atoms with E-state index in [2.05, 4.69) is 57.0 Å². The van der Waals surface area contributed by atoms with Crippen LogP contribution in [0.3, 0.4) is 0 Å². The lowest BCUT2D eigenvalue weighted by Crippen LogP contribution is -1.93. The highest BCUT2D eigenvalue weighted by molar-refractivity contribution is 7.59. The summed E-state index contributed by atoms with van der Waals surface area (Å²) in [7, 11) is -6.22. The first-order chi connectivity index (χ1) is 22.2. The Kier molecular flexibility index (Phi) is 25.3. The summed E-state index contributed by atoms with van der Waals surface area (Å²) in [5.74, 6) is 1.76. The Morgan fingerprint density at radius 3 is 1.40 bits per heavy atom. The molecule has 0 aliphatic heterocycles. The summed E-state index contributed by atoms with van der Waals surface area (Å²) in [5.41, 5.74) is 5.06. The Bertz CT molecular complexity index is 1640. The van der Waals surface area contributed by atoms with E-state index in [1.807, 2.05) is 72.8 Å². The lowest BCUT2D eigenvalue weighted by Gasteiger charge is -2.06. The zero-order valence-corrected chi connectivity index (χ0v) is 28.5. The maximum atomic E-state index is 9.79. The summed E-state index contributed by atoms with van der Waals surface area (Å²) in [6.07, 6.45) is 2.05. The summed E-state index contributed by atoms with van der Waals surface area (Å²) in [6.45, 7) is 10.8. The van der Waals surface area contributed by atoms with E-state index in [0.29, 0.717) is 23.3 Å². The standard InChI is InChI=1S/C16H18N2O.C10H14O.C7H8.N2.2O3S/c1-12(2)10-13-8-9-16(19)15(11-13)18-17-14-6-4-3-5-7-14;1-8(2)7-9-3-5-10(11)6-4-9;1-7-5-3-2-4-6-7;1-2;2*1-4(2)3/h3-9,11-12,19H,10H2,1-2H3;3-6,8,11H,7H2,1-2H3;2-6H,1H3;;;. The molecule has 0 aliphatic rings. The van der Waals surface area contributed by atoms with Crippen molar-refractivity contribution < 1.29 is 35.5 Å². The topological polar surface area (TPSA) is 215 Å². The molecular formula is C33H40N4O8S2. The molecule has 0 unspecified atom stereocenters. The van der Waals surface area contributed by atoms with Gasteiger partial charge >= 0.3 is 21.2 Å². The third kappa shape index (κ3) is 28.0. The molecule has 0 saturated carbocycles. The number of aromatic hydroxyl groups is 2. The lowest BCUT2D eigenvalue weighted by molar-refractivity contribution is 0.474. The van der Waals surface area contributed by atoms with Gasteiger partial charge in [-0.15, -0.1) is 30.4 Å². The van der Waals surface area contributed by atoms with Gasteiger partial charge < -0.3 is 10.2 Å². The maximum absolute atomic E-state index is 9.79. The molecule has 4 aromatic rings. The fourth-order valence-electron chi connectivity index (χ4n) is 3.49. The molecule has 4 aromatic carbocycles. The molecule has 12 nitrogen and oxygen atoms in total. The Morgan fingerprint density at radius 2 is 1.00 bits per heavy atom. The van der Waals surface area contributed by atoms with Gasteiger partial charge in [0.25, 0.3) is 0 Å². The Morgan fingerprint density at radius 1 is 0.596 bits per heavy atom. The first kappa shape index (κ1) is 43.9. The zero-order valence-electron chi connectivity index (χ0n) is 26.8. The average Bonchev–Trinajstić information content (AvgIpc) is 3.00. The van der Waals surface area contributed by atoms with Gasteiger partial charge in [0, 0.05) is 10.8 Å². The lowest BCUT2D eigenvalue weighted by atomic mass is 10.0. The van der Waals surface area contributed by atoms with Crippen LogP contribution in [0.2, 0.25) is 0 Å². The van der Waals surface area contributed by atoms with Gasteiger partial charge in [0.15, 0.2) is 0 Å². The molecule has 0 atom stereocenters. The van der Waals surface area contributed by atoms with Gasteiger partial charge in [0.1, 0.15) is 17.2 Å². The van der Waals surface area contributed by atoms with Crippen LogP contribution in [0.4, 0.5) is 11.4 Å². The van der Waals surface area contributed by atoms with Crippen molar-refractivity contribution in [3.63, 3.8) is 0 Å². The molecule has 0 saturated heterocycles. The van der Waals surface area contributed by atoms with Crippen molar-refractivity contribution in [3.8, 4) is 11.5 Å². The van der Waals surface area contributed by atoms with Gasteiger partial charge in [-0.3, -0.25) is 0 Å². The average molecular weight is 685 g/mol. The van der Waals surface area contributed by atoms with Gasteiger partial charge in [0.2, 0.25) is 0 Å². The minimum Gasteiger partial charge on any atom is -0.508 e. The molecule has 0 bridgehead atoms. The predicted octanol–water partition coefficient (Wildman–Crippen LogP) is 7.61. The Balaban J connectivity index is 0. The van der Waals surface area contributed by atoms with Crippen molar-refractivity contribution in [3.05, 3.63) is 120 Å². The van der Waals surface area contributed by atoms with Gasteiger partial charge in [-0.1, -0.05) is 100.0 Å². The van der Waals surface area contributed by atoms with E-state index >= 15 is 0 Å². The molecule has 0 fully saturated rings. The minimum absolute atomic E-state index is 0.159. The first-order valence-electron chi connectivity index (χ1n) is 14.0. The molecule has 0 aliphatic carbocycles. The molecule has 0 radical (unpaired) electrons. The normalized spacial score (nSPS) is 9.38. The Hall–Kier alpha value is -5.26. The van der Waals surface area contributed by atoms with Gasteiger partial charge in [-0.2, -0.15) is 5.11 Å². The summed E-state index contributed by atoms with van der Waals surface area (Å²) in [5, 5.41) is 39.0. The summed E-state index contributed by atoms with van der Waals surface area (Å²) in [4.78, 5) is 0. The highest BCUT2D eigenvalue weighted by atomic mass is 32.2. The molecule has 0 heterocycles. The third-order valence-corrected chi connectivity index (χ3v) is 5.23. The van der Waals surface area contributed by atoms with Crippen LogP contribution in [0, 0.1) is 29.5 Å². The molecule has 0 aromatic heterocycles. The molecule has 0 amide bonds. The van der Waals surface area contributed by atoms with Crippen LogP contribution in [0.1, 0.15) is 44.4 Å². The van der Waals surface area contributed by atoms with Crippen molar-refractivity contribution >= 4 is 32.6 Å². The second-order valence-electron chi connectivity index (χ2n) is 10.3. The summed E-state index contributed by atoms with van der Waals surface area (Å²) >= 11 is 0. The quantitative estimate of drug-likeness (QED) is 0.150. The van der Waals surface area contributed by atoms with Crippen LogP contribution < -0.4 is 0 Å². The molecule has 47 heavy (non-hydrogen) atoms. The number of benzene rings is 4. The maximum Gasteiger partial charge on any atom is 0.425 e. The van der Waals surface area contributed by atoms with Crippen LogP contribution in [0.25, 0.3) is 0 Å². The van der Waals surface area contributed by atoms with Crippen molar-refractivity contribution in [2.24, 2.45) is 22.1 Å². The Labute approximate surface area is 279 Å². The zero-order chi connectivity index (χ0) is 36.2. The second-order valence-corrected chi connectivity index (χ2v) is 11.1. The molecule has 252 valence electrons. The largest absolute Gasteiger partial charge is 0.508 e. The monoisotopic (exact) mass is 684 g/mol. The van der Waals surface area contributed by atoms with Crippen LogP contribution in [-0.4, -0.2) is 35.5 Å². The number of phenolic OH excluding ortho intramolecular Hbond substituents is 2. The first-order valence-corrected chi connectivity index (χ1v) is 16.0. The number of azo groups is 1. The van der Waals surface area contributed by atoms with E-state index in [9.17, 15) is 5.11 Å². The summed E-state index contributed by atoms with van der Waals surface area (Å²) in [6, 6.07) is 32.6. The number of phenols is 2. The fourth-order valence-corrected chi connectivity index (χ4v) is 3.49. The molecular weight excluding hydrogens is 645 g/mol. The van der Waals surface area contributed by atoms with E-state index in [1.54, 1.807) is 18.2 Å². The highest BCUT2D eigenvalue weighted by Crippen LogP contribution is 2.29. The fraction of sp³-hybridized carbons (Fsp3) is 0.273. The number of nitrogens with zero attached hydrogens (tertiary/aromatic N) is 4. The number of rotatable bonds is 6. The number of hydrogen-bond acceptors (Lipinski definition) is 12. The van der Waals surface area contributed by atoms with Crippen molar-refractivity contribution in [1.29, 1.82) is 10.8 Å². The van der Waals surface area contributed by atoms with Crippen molar-refractivity contribution in [1.82, 2.24) is 0 Å². The van der Waals surface area contributed by atoms with Gasteiger partial charge in [-0.25, -0.2) is 0 Å². The van der Waals surface area contributed by atoms with Crippen LogP contribution in [0.5, 0.6) is 11.5 Å². The van der Waals surface area contributed by atoms with Crippen molar-refractivity contribution in [2.75, 3.05) is 0 Å².